The van der Waals surface area contributed by atoms with Crippen LogP contribution in [0.5, 0.6) is 0 Å². The molecule has 2 amide bonds. The van der Waals surface area contributed by atoms with E-state index in [2.05, 4.69) is 36.5 Å². The Labute approximate surface area is 175 Å². The standard InChI is InChI=1S/C22H17BrN4O2/c1-13-10-17(16-11-15(23)7-8-18(16)26-13)22(29)25-12-20(28)27-19-6-2-4-14-5-3-9-24-21(14)19/h2-11H,12H2,1H3,(H,25,29)(H,27,28). The van der Waals surface area contributed by atoms with Crippen LogP contribution < -0.4 is 10.6 Å². The van der Waals surface area contributed by atoms with E-state index in [0.717, 1.165) is 26.5 Å². The highest BCUT2D eigenvalue weighted by Crippen LogP contribution is 2.23. The minimum Gasteiger partial charge on any atom is -0.343 e. The molecule has 0 aliphatic heterocycles. The van der Waals surface area contributed by atoms with Crippen molar-refractivity contribution in [3.8, 4) is 0 Å². The minimum atomic E-state index is -0.329. The topological polar surface area (TPSA) is 84.0 Å². The van der Waals surface area contributed by atoms with E-state index in [1.807, 2.05) is 49.4 Å². The summed E-state index contributed by atoms with van der Waals surface area (Å²) in [5.41, 5.74) is 3.25. The Bertz CT molecular complexity index is 1250. The van der Waals surface area contributed by atoms with Gasteiger partial charge in [-0.25, -0.2) is 0 Å². The zero-order valence-corrected chi connectivity index (χ0v) is 17.2. The SMILES string of the molecule is Cc1cc(C(=O)NCC(=O)Nc2cccc3cccnc23)c2cc(Br)ccc2n1. The van der Waals surface area contributed by atoms with E-state index in [9.17, 15) is 9.59 Å². The van der Waals surface area contributed by atoms with Gasteiger partial charge < -0.3 is 10.6 Å². The van der Waals surface area contributed by atoms with Crippen molar-refractivity contribution in [3.63, 3.8) is 0 Å². The fourth-order valence-electron chi connectivity index (χ4n) is 3.17. The first-order valence-electron chi connectivity index (χ1n) is 9.00. The third-order valence-electron chi connectivity index (χ3n) is 4.46. The van der Waals surface area contributed by atoms with Crippen LogP contribution in [-0.4, -0.2) is 28.3 Å². The summed E-state index contributed by atoms with van der Waals surface area (Å²) >= 11 is 3.42. The maximum absolute atomic E-state index is 12.7. The molecule has 2 N–H and O–H groups in total. The van der Waals surface area contributed by atoms with Gasteiger partial charge in [0.2, 0.25) is 5.91 Å². The minimum absolute atomic E-state index is 0.154. The smallest absolute Gasteiger partial charge is 0.252 e. The van der Waals surface area contributed by atoms with Gasteiger partial charge in [0.05, 0.1) is 28.8 Å². The number of pyridine rings is 2. The molecule has 4 rings (SSSR count). The van der Waals surface area contributed by atoms with Crippen LogP contribution in [0.1, 0.15) is 16.1 Å². The van der Waals surface area contributed by atoms with Crippen molar-refractivity contribution in [1.82, 2.24) is 15.3 Å². The number of carbonyl (C=O) groups excluding carboxylic acids is 2. The number of para-hydroxylation sites is 1. The number of benzene rings is 2. The Morgan fingerprint density at radius 1 is 1.07 bits per heavy atom. The van der Waals surface area contributed by atoms with Crippen molar-refractivity contribution in [2.75, 3.05) is 11.9 Å². The van der Waals surface area contributed by atoms with E-state index in [4.69, 9.17) is 0 Å². The number of halogens is 1. The van der Waals surface area contributed by atoms with Crippen molar-refractivity contribution in [2.45, 2.75) is 6.92 Å². The number of nitrogens with one attached hydrogen (secondary N) is 2. The van der Waals surface area contributed by atoms with Gasteiger partial charge in [-0.3, -0.25) is 19.6 Å². The molecule has 2 aromatic heterocycles. The summed E-state index contributed by atoms with van der Waals surface area (Å²) in [6.07, 6.45) is 1.68. The number of hydrogen-bond donors (Lipinski definition) is 2. The number of amides is 2. The molecule has 144 valence electrons. The monoisotopic (exact) mass is 448 g/mol. The van der Waals surface area contributed by atoms with Crippen LogP contribution >= 0.6 is 15.9 Å². The second-order valence-electron chi connectivity index (χ2n) is 6.58. The molecule has 0 fully saturated rings. The van der Waals surface area contributed by atoms with Gasteiger partial charge in [-0.05, 0) is 43.3 Å². The van der Waals surface area contributed by atoms with E-state index in [-0.39, 0.29) is 18.4 Å². The average Bonchev–Trinajstić information content (AvgIpc) is 2.72. The quantitative estimate of drug-likeness (QED) is 0.489. The molecular formula is C22H17BrN4O2. The molecule has 0 spiro atoms. The molecule has 0 radical (unpaired) electrons. The molecule has 0 aliphatic carbocycles. The van der Waals surface area contributed by atoms with Crippen LogP contribution in [0.25, 0.3) is 21.8 Å². The molecular weight excluding hydrogens is 432 g/mol. The van der Waals surface area contributed by atoms with Crippen molar-refractivity contribution in [1.29, 1.82) is 0 Å². The Hall–Kier alpha value is -3.32. The first-order chi connectivity index (χ1) is 14.0. The van der Waals surface area contributed by atoms with Crippen LogP contribution in [0.4, 0.5) is 5.69 Å². The number of hydrogen-bond acceptors (Lipinski definition) is 4. The molecule has 29 heavy (non-hydrogen) atoms. The van der Waals surface area contributed by atoms with Crippen LogP contribution in [0.2, 0.25) is 0 Å². The Kier molecular flexibility index (Phi) is 5.22. The summed E-state index contributed by atoms with van der Waals surface area (Å²) in [7, 11) is 0. The van der Waals surface area contributed by atoms with Crippen molar-refractivity contribution in [2.24, 2.45) is 0 Å². The fourth-order valence-corrected chi connectivity index (χ4v) is 3.53. The number of anilines is 1. The van der Waals surface area contributed by atoms with Crippen molar-refractivity contribution in [3.05, 3.63) is 76.5 Å². The zero-order chi connectivity index (χ0) is 20.4. The average molecular weight is 449 g/mol. The largest absolute Gasteiger partial charge is 0.343 e. The summed E-state index contributed by atoms with van der Waals surface area (Å²) in [6.45, 7) is 1.68. The summed E-state index contributed by atoms with van der Waals surface area (Å²) in [5, 5.41) is 7.16. The number of aromatic nitrogens is 2. The fraction of sp³-hybridized carbons (Fsp3) is 0.0909. The molecule has 0 saturated carbocycles. The number of rotatable bonds is 4. The zero-order valence-electron chi connectivity index (χ0n) is 15.6. The predicted octanol–water partition coefficient (Wildman–Crippen LogP) is 4.22. The van der Waals surface area contributed by atoms with E-state index in [1.54, 1.807) is 18.3 Å². The lowest BCUT2D eigenvalue weighted by Crippen LogP contribution is -2.33. The lowest BCUT2D eigenvalue weighted by atomic mass is 10.1. The number of carbonyl (C=O) groups is 2. The first kappa shape index (κ1) is 19.0. The maximum Gasteiger partial charge on any atom is 0.252 e. The number of nitrogens with zero attached hydrogens (tertiary/aromatic N) is 2. The van der Waals surface area contributed by atoms with Gasteiger partial charge in [0.25, 0.3) is 5.91 Å². The van der Waals surface area contributed by atoms with Gasteiger partial charge in [0.1, 0.15) is 0 Å². The lowest BCUT2D eigenvalue weighted by molar-refractivity contribution is -0.115. The van der Waals surface area contributed by atoms with Gasteiger partial charge in [-0.1, -0.05) is 34.1 Å². The van der Waals surface area contributed by atoms with Crippen LogP contribution in [-0.2, 0) is 4.79 Å². The first-order valence-corrected chi connectivity index (χ1v) is 9.79. The molecule has 0 unspecified atom stereocenters. The molecule has 4 aromatic rings. The number of aryl methyl sites for hydroxylation is 1. The maximum atomic E-state index is 12.7. The molecule has 6 nitrogen and oxygen atoms in total. The van der Waals surface area contributed by atoms with E-state index < -0.39 is 0 Å². The van der Waals surface area contributed by atoms with Crippen LogP contribution in [0.15, 0.2) is 65.3 Å². The molecule has 0 saturated heterocycles. The van der Waals surface area contributed by atoms with Crippen LogP contribution in [0, 0.1) is 6.92 Å². The second-order valence-corrected chi connectivity index (χ2v) is 7.50. The Balaban J connectivity index is 1.50. The molecule has 0 aliphatic rings. The van der Waals surface area contributed by atoms with Crippen molar-refractivity contribution >= 4 is 55.2 Å². The highest BCUT2D eigenvalue weighted by Gasteiger charge is 2.14. The van der Waals surface area contributed by atoms with E-state index in [0.29, 0.717) is 16.8 Å². The molecule has 2 heterocycles. The van der Waals surface area contributed by atoms with Gasteiger partial charge in [0.15, 0.2) is 0 Å². The summed E-state index contributed by atoms with van der Waals surface area (Å²) < 4.78 is 0.853. The summed E-state index contributed by atoms with van der Waals surface area (Å²) in [5.74, 6) is -0.655. The highest BCUT2D eigenvalue weighted by molar-refractivity contribution is 9.10. The summed E-state index contributed by atoms with van der Waals surface area (Å²) in [6, 6.07) is 16.6. The van der Waals surface area contributed by atoms with Crippen LogP contribution in [0.3, 0.4) is 0 Å². The van der Waals surface area contributed by atoms with Gasteiger partial charge in [-0.2, -0.15) is 0 Å². The third kappa shape index (κ3) is 4.09. The molecule has 7 heteroatoms. The van der Waals surface area contributed by atoms with E-state index >= 15 is 0 Å². The van der Waals surface area contributed by atoms with E-state index in [1.165, 1.54) is 0 Å². The van der Waals surface area contributed by atoms with Gasteiger partial charge in [0, 0.05) is 27.1 Å². The molecule has 0 atom stereocenters. The Morgan fingerprint density at radius 3 is 2.76 bits per heavy atom. The summed E-state index contributed by atoms with van der Waals surface area (Å²) in [4.78, 5) is 33.9. The Morgan fingerprint density at radius 2 is 1.90 bits per heavy atom. The van der Waals surface area contributed by atoms with Gasteiger partial charge >= 0.3 is 0 Å². The lowest BCUT2D eigenvalue weighted by Gasteiger charge is -2.11. The molecule has 0 bridgehead atoms. The normalized spacial score (nSPS) is 10.8. The predicted molar refractivity (Wildman–Crippen MR) is 117 cm³/mol. The second kappa shape index (κ2) is 7.97. The van der Waals surface area contributed by atoms with Gasteiger partial charge in [-0.15, -0.1) is 0 Å². The highest BCUT2D eigenvalue weighted by atomic mass is 79.9. The van der Waals surface area contributed by atoms with Crippen molar-refractivity contribution < 1.29 is 9.59 Å². The molecule has 2 aromatic carbocycles. The third-order valence-corrected chi connectivity index (χ3v) is 4.95. The number of fused-ring (bicyclic) bond motifs is 2.